The molecule has 0 saturated heterocycles. The number of benzene rings is 1. The number of alkyl halides is 3. The summed E-state index contributed by atoms with van der Waals surface area (Å²) in [5, 5.41) is 4.35. The summed E-state index contributed by atoms with van der Waals surface area (Å²) in [4.78, 5) is 9.71. The highest BCUT2D eigenvalue weighted by Crippen LogP contribution is 2.30. The van der Waals surface area contributed by atoms with E-state index in [-0.39, 0.29) is 17.4 Å². The van der Waals surface area contributed by atoms with Gasteiger partial charge in [0, 0.05) is 25.5 Å². The molecule has 136 valence electrons. The first-order valence-corrected chi connectivity index (χ1v) is 8.43. The first-order chi connectivity index (χ1) is 11.8. The summed E-state index contributed by atoms with van der Waals surface area (Å²) in [7, 11) is 1.80. The van der Waals surface area contributed by atoms with Crippen LogP contribution in [-0.2, 0) is 19.3 Å². The van der Waals surface area contributed by atoms with Crippen molar-refractivity contribution in [2.45, 2.75) is 26.2 Å². The van der Waals surface area contributed by atoms with Crippen molar-refractivity contribution >= 4 is 17.3 Å². The third kappa shape index (κ3) is 5.70. The normalized spacial score (nSPS) is 12.3. The molecule has 1 aromatic carbocycles. The number of rotatable bonds is 5. The largest absolute Gasteiger partial charge is 0.434 e. The second kappa shape index (κ2) is 8.28. The standard InChI is InChI=1S/C16H18F4N4S/c1-3-21-15(24(2)9-11-4-6-12(17)7-5-11)22-8-14-23-13(10-25-14)16(18,19)20/h4-7,10H,3,8-9H2,1-2H3,(H,21,22). The summed E-state index contributed by atoms with van der Waals surface area (Å²) in [5.74, 6) is 0.229. The van der Waals surface area contributed by atoms with Crippen LogP contribution >= 0.6 is 11.3 Å². The average molecular weight is 374 g/mol. The van der Waals surface area contributed by atoms with E-state index in [1.165, 1.54) is 12.1 Å². The summed E-state index contributed by atoms with van der Waals surface area (Å²) in [6, 6.07) is 6.10. The summed E-state index contributed by atoms with van der Waals surface area (Å²) in [6.07, 6.45) is -4.44. The number of guanidine groups is 1. The summed E-state index contributed by atoms with van der Waals surface area (Å²) in [6.45, 7) is 3.04. The van der Waals surface area contributed by atoms with Crippen LogP contribution in [0.1, 0.15) is 23.2 Å². The van der Waals surface area contributed by atoms with Crippen LogP contribution in [0.15, 0.2) is 34.6 Å². The second-order valence-corrected chi connectivity index (χ2v) is 6.22. The van der Waals surface area contributed by atoms with E-state index in [0.717, 1.165) is 22.3 Å². The van der Waals surface area contributed by atoms with Crippen molar-refractivity contribution in [3.63, 3.8) is 0 Å². The predicted octanol–water partition coefficient (Wildman–Crippen LogP) is 3.90. The van der Waals surface area contributed by atoms with Gasteiger partial charge in [-0.15, -0.1) is 11.3 Å². The van der Waals surface area contributed by atoms with Gasteiger partial charge in [0.05, 0.1) is 6.54 Å². The van der Waals surface area contributed by atoms with Crippen molar-refractivity contribution in [2.75, 3.05) is 13.6 Å². The SMILES string of the molecule is CCNC(=NCc1nc(C(F)(F)F)cs1)N(C)Cc1ccc(F)cc1. The van der Waals surface area contributed by atoms with Crippen LogP contribution in [0, 0.1) is 5.82 Å². The van der Waals surface area contributed by atoms with Gasteiger partial charge in [-0.3, -0.25) is 0 Å². The van der Waals surface area contributed by atoms with Crippen LogP contribution in [0.2, 0.25) is 0 Å². The lowest BCUT2D eigenvalue weighted by atomic mass is 10.2. The van der Waals surface area contributed by atoms with Gasteiger partial charge in [-0.2, -0.15) is 13.2 Å². The lowest BCUT2D eigenvalue weighted by molar-refractivity contribution is -0.140. The highest BCUT2D eigenvalue weighted by atomic mass is 32.1. The Kier molecular flexibility index (Phi) is 6.35. The van der Waals surface area contributed by atoms with E-state index >= 15 is 0 Å². The molecule has 25 heavy (non-hydrogen) atoms. The van der Waals surface area contributed by atoms with E-state index in [4.69, 9.17) is 0 Å². The molecule has 0 unspecified atom stereocenters. The third-order valence-corrected chi connectivity index (χ3v) is 4.07. The molecule has 9 heteroatoms. The number of halogens is 4. The Hall–Kier alpha value is -2.16. The van der Waals surface area contributed by atoms with Crippen LogP contribution < -0.4 is 5.32 Å². The molecule has 1 N–H and O–H groups in total. The number of hydrogen-bond acceptors (Lipinski definition) is 3. The maximum Gasteiger partial charge on any atom is 0.434 e. The first kappa shape index (κ1) is 19.2. The van der Waals surface area contributed by atoms with Crippen LogP contribution in [-0.4, -0.2) is 29.4 Å². The molecule has 2 rings (SSSR count). The monoisotopic (exact) mass is 374 g/mol. The number of aromatic nitrogens is 1. The minimum Gasteiger partial charge on any atom is -0.357 e. The molecule has 1 aromatic heterocycles. The van der Waals surface area contributed by atoms with Gasteiger partial charge in [0.25, 0.3) is 0 Å². The zero-order valence-corrected chi connectivity index (χ0v) is 14.6. The number of thiazole rings is 1. The molecule has 0 radical (unpaired) electrons. The van der Waals surface area contributed by atoms with Gasteiger partial charge >= 0.3 is 6.18 Å². The quantitative estimate of drug-likeness (QED) is 0.490. The summed E-state index contributed by atoms with van der Waals surface area (Å²) in [5.41, 5.74) is -0.00419. The molecule has 2 aromatic rings. The topological polar surface area (TPSA) is 40.5 Å². The fourth-order valence-electron chi connectivity index (χ4n) is 2.06. The number of aliphatic imine (C=N–C) groups is 1. The molecule has 4 nitrogen and oxygen atoms in total. The van der Waals surface area contributed by atoms with Crippen LogP contribution in [0.3, 0.4) is 0 Å². The molecule has 0 aliphatic carbocycles. The van der Waals surface area contributed by atoms with E-state index in [1.54, 1.807) is 19.2 Å². The van der Waals surface area contributed by atoms with Crippen LogP contribution in [0.4, 0.5) is 17.6 Å². The number of hydrogen-bond donors (Lipinski definition) is 1. The molecule has 0 aliphatic rings. The maximum absolute atomic E-state index is 13.0. The van der Waals surface area contributed by atoms with Gasteiger partial charge in [-0.1, -0.05) is 12.1 Å². The summed E-state index contributed by atoms with van der Waals surface area (Å²) < 4.78 is 50.7. The Balaban J connectivity index is 2.06. The van der Waals surface area contributed by atoms with Gasteiger partial charge in [-0.05, 0) is 24.6 Å². The smallest absolute Gasteiger partial charge is 0.357 e. The Bertz CT molecular complexity index is 710. The average Bonchev–Trinajstić information content (AvgIpc) is 3.02. The fourth-order valence-corrected chi connectivity index (χ4v) is 2.79. The highest BCUT2D eigenvalue weighted by molar-refractivity contribution is 7.09. The molecular weight excluding hydrogens is 356 g/mol. The second-order valence-electron chi connectivity index (χ2n) is 5.28. The first-order valence-electron chi connectivity index (χ1n) is 7.55. The van der Waals surface area contributed by atoms with Crippen LogP contribution in [0.25, 0.3) is 0 Å². The summed E-state index contributed by atoms with van der Waals surface area (Å²) >= 11 is 0.928. The number of nitrogens with zero attached hydrogens (tertiary/aromatic N) is 3. The van der Waals surface area contributed by atoms with E-state index < -0.39 is 11.9 Å². The molecule has 0 bridgehead atoms. The van der Waals surface area contributed by atoms with Crippen molar-refractivity contribution in [3.8, 4) is 0 Å². The lowest BCUT2D eigenvalue weighted by Gasteiger charge is -2.22. The molecular formula is C16H18F4N4S. The van der Waals surface area contributed by atoms with E-state index in [1.807, 2.05) is 11.8 Å². The predicted molar refractivity (Wildman–Crippen MR) is 89.8 cm³/mol. The highest BCUT2D eigenvalue weighted by Gasteiger charge is 2.33. The molecule has 0 spiro atoms. The molecule has 0 aliphatic heterocycles. The van der Waals surface area contributed by atoms with E-state index in [9.17, 15) is 17.6 Å². The maximum atomic E-state index is 13.0. The Labute approximate surface area is 147 Å². The van der Waals surface area contributed by atoms with Crippen molar-refractivity contribution in [1.29, 1.82) is 0 Å². The molecule has 0 atom stereocenters. The molecule has 1 heterocycles. The zero-order valence-electron chi connectivity index (χ0n) is 13.8. The van der Waals surface area contributed by atoms with Gasteiger partial charge < -0.3 is 10.2 Å². The van der Waals surface area contributed by atoms with Crippen molar-refractivity contribution in [3.05, 3.63) is 51.7 Å². The van der Waals surface area contributed by atoms with Crippen molar-refractivity contribution in [1.82, 2.24) is 15.2 Å². The van der Waals surface area contributed by atoms with Crippen molar-refractivity contribution < 1.29 is 17.6 Å². The Morgan fingerprint density at radius 1 is 1.28 bits per heavy atom. The van der Waals surface area contributed by atoms with Gasteiger partial charge in [0.15, 0.2) is 11.7 Å². The molecule has 0 saturated carbocycles. The number of nitrogens with one attached hydrogen (secondary N) is 1. The minimum absolute atomic E-state index is 0.0524. The van der Waals surface area contributed by atoms with E-state index in [2.05, 4.69) is 15.3 Å². The van der Waals surface area contributed by atoms with Gasteiger partial charge in [0.2, 0.25) is 0 Å². The fraction of sp³-hybridized carbons (Fsp3) is 0.375. The molecule has 0 amide bonds. The third-order valence-electron chi connectivity index (χ3n) is 3.24. The van der Waals surface area contributed by atoms with Crippen LogP contribution in [0.5, 0.6) is 0 Å². The lowest BCUT2D eigenvalue weighted by Crippen LogP contribution is -2.38. The Morgan fingerprint density at radius 2 is 1.96 bits per heavy atom. The zero-order chi connectivity index (χ0) is 18.4. The molecule has 0 fully saturated rings. The Morgan fingerprint density at radius 3 is 2.52 bits per heavy atom. The van der Waals surface area contributed by atoms with Gasteiger partial charge in [0.1, 0.15) is 10.8 Å². The minimum atomic E-state index is -4.44. The van der Waals surface area contributed by atoms with E-state index in [0.29, 0.717) is 19.0 Å². The van der Waals surface area contributed by atoms with Crippen molar-refractivity contribution in [2.24, 2.45) is 4.99 Å². The van der Waals surface area contributed by atoms with Gasteiger partial charge in [-0.25, -0.2) is 14.4 Å².